The van der Waals surface area contributed by atoms with Crippen LogP contribution in [0.4, 0.5) is 11.4 Å². The van der Waals surface area contributed by atoms with Crippen LogP contribution >= 0.6 is 0 Å². The maximum atomic E-state index is 13.5. The number of anilines is 2. The van der Waals surface area contributed by atoms with Gasteiger partial charge in [0.1, 0.15) is 12.6 Å². The minimum Gasteiger partial charge on any atom is -0.493 e. The zero-order valence-electron chi connectivity index (χ0n) is 17.6. The lowest BCUT2D eigenvalue weighted by Gasteiger charge is -2.34. The Balaban J connectivity index is 1.49. The number of methoxy groups -OCH3 is 1. The number of nitrogens with zero attached hydrogens (tertiary/aromatic N) is 1. The van der Waals surface area contributed by atoms with Gasteiger partial charge in [-0.1, -0.05) is 36.4 Å². The number of nitrogens with one attached hydrogen (secondary N) is 1. The van der Waals surface area contributed by atoms with Crippen molar-refractivity contribution in [2.24, 2.45) is 0 Å². The first-order valence-electron chi connectivity index (χ1n) is 10.4. The fourth-order valence-corrected chi connectivity index (χ4v) is 4.27. The van der Waals surface area contributed by atoms with Crippen LogP contribution in [-0.2, 0) is 24.4 Å². The molecular formula is C25H23N3O4. The van der Waals surface area contributed by atoms with Crippen molar-refractivity contribution in [3.8, 4) is 11.5 Å². The molecule has 0 spiro atoms. The Kier molecular flexibility index (Phi) is 4.93. The number of ether oxygens (including phenoxy) is 2. The van der Waals surface area contributed by atoms with E-state index < -0.39 is 6.04 Å². The fourth-order valence-electron chi connectivity index (χ4n) is 4.27. The van der Waals surface area contributed by atoms with E-state index in [-0.39, 0.29) is 11.8 Å². The lowest BCUT2D eigenvalue weighted by atomic mass is 9.93. The van der Waals surface area contributed by atoms with E-state index in [1.54, 1.807) is 17.0 Å². The number of hydrogen-bond donors (Lipinski definition) is 2. The van der Waals surface area contributed by atoms with Gasteiger partial charge in [0.25, 0.3) is 5.91 Å². The molecule has 2 heterocycles. The van der Waals surface area contributed by atoms with E-state index >= 15 is 0 Å². The molecule has 2 amide bonds. The molecule has 0 aromatic heterocycles. The standard InChI is InChI=1S/C25H23N3O4/c1-31-22-11-19-20(12-23(22)32-14-15-5-3-2-4-6-15)27-24(29)21-10-16-7-8-18(26)9-17(16)13-28(21)25(19)30/h2-9,11-12,21H,10,13-14,26H2,1H3,(H,27,29)/t21-/m0/s1. The van der Waals surface area contributed by atoms with Crippen LogP contribution in [0, 0.1) is 0 Å². The van der Waals surface area contributed by atoms with Crippen molar-refractivity contribution < 1.29 is 19.1 Å². The van der Waals surface area contributed by atoms with Gasteiger partial charge >= 0.3 is 0 Å². The van der Waals surface area contributed by atoms with Crippen molar-refractivity contribution in [2.75, 3.05) is 18.2 Å². The second kappa shape index (κ2) is 7.92. The Bertz CT molecular complexity index is 1210. The minimum absolute atomic E-state index is 0.223. The molecule has 0 unspecified atom stereocenters. The van der Waals surface area contributed by atoms with Crippen LogP contribution < -0.4 is 20.5 Å². The lowest BCUT2D eigenvalue weighted by Crippen LogP contribution is -2.48. The molecule has 0 saturated carbocycles. The zero-order valence-corrected chi connectivity index (χ0v) is 17.6. The summed E-state index contributed by atoms with van der Waals surface area (Å²) in [6.45, 7) is 0.661. The average Bonchev–Trinajstić information content (AvgIpc) is 2.90. The van der Waals surface area contributed by atoms with Gasteiger partial charge in [0, 0.05) is 24.7 Å². The van der Waals surface area contributed by atoms with Crippen LogP contribution in [0.25, 0.3) is 0 Å². The van der Waals surface area contributed by atoms with E-state index in [1.165, 1.54) is 7.11 Å². The van der Waals surface area contributed by atoms with Crippen molar-refractivity contribution in [1.29, 1.82) is 0 Å². The number of amides is 2. The first-order valence-corrected chi connectivity index (χ1v) is 10.4. The number of carbonyl (C=O) groups excluding carboxylic acids is 2. The smallest absolute Gasteiger partial charge is 0.257 e. The SMILES string of the molecule is COc1cc2c(cc1OCc1ccccc1)NC(=O)[C@@H]1Cc3ccc(N)cc3CN1C2=O. The molecule has 2 aliphatic heterocycles. The molecule has 7 nitrogen and oxygen atoms in total. The van der Waals surface area contributed by atoms with Gasteiger partial charge in [-0.25, -0.2) is 0 Å². The molecule has 2 aliphatic rings. The first-order chi connectivity index (χ1) is 15.5. The molecule has 3 aromatic carbocycles. The Hall–Kier alpha value is -4.00. The van der Waals surface area contributed by atoms with Gasteiger partial charge in [-0.15, -0.1) is 0 Å². The molecule has 1 atom stereocenters. The predicted octanol–water partition coefficient (Wildman–Crippen LogP) is 3.38. The summed E-state index contributed by atoms with van der Waals surface area (Å²) in [4.78, 5) is 28.2. The number of nitrogen functional groups attached to an aromatic ring is 1. The third kappa shape index (κ3) is 3.51. The van der Waals surface area contributed by atoms with Gasteiger partial charge < -0.3 is 25.4 Å². The van der Waals surface area contributed by atoms with Crippen molar-refractivity contribution in [1.82, 2.24) is 4.90 Å². The zero-order chi connectivity index (χ0) is 22.2. The highest BCUT2D eigenvalue weighted by Gasteiger charge is 2.39. The quantitative estimate of drug-likeness (QED) is 0.620. The summed E-state index contributed by atoms with van der Waals surface area (Å²) in [6.07, 6.45) is 0.440. The van der Waals surface area contributed by atoms with Crippen molar-refractivity contribution >= 4 is 23.2 Å². The second-order valence-corrected chi connectivity index (χ2v) is 7.99. The van der Waals surface area contributed by atoms with Crippen LogP contribution in [-0.4, -0.2) is 29.9 Å². The summed E-state index contributed by atoms with van der Waals surface area (Å²) < 4.78 is 11.5. The van der Waals surface area contributed by atoms with E-state index in [2.05, 4.69) is 5.32 Å². The third-order valence-electron chi connectivity index (χ3n) is 5.95. The van der Waals surface area contributed by atoms with Crippen molar-refractivity contribution in [2.45, 2.75) is 25.6 Å². The highest BCUT2D eigenvalue weighted by molar-refractivity contribution is 6.10. The summed E-state index contributed by atoms with van der Waals surface area (Å²) in [5.41, 5.74) is 10.3. The average molecular weight is 429 g/mol. The fraction of sp³-hybridized carbons (Fsp3) is 0.200. The molecule has 0 radical (unpaired) electrons. The molecule has 3 aromatic rings. The maximum absolute atomic E-state index is 13.5. The number of carbonyl (C=O) groups is 2. The van der Waals surface area contributed by atoms with E-state index in [4.69, 9.17) is 15.2 Å². The highest BCUT2D eigenvalue weighted by atomic mass is 16.5. The Morgan fingerprint density at radius 2 is 1.84 bits per heavy atom. The maximum Gasteiger partial charge on any atom is 0.257 e. The van der Waals surface area contributed by atoms with Gasteiger partial charge in [-0.3, -0.25) is 9.59 Å². The third-order valence-corrected chi connectivity index (χ3v) is 5.95. The normalized spacial score (nSPS) is 16.9. The van der Waals surface area contributed by atoms with Crippen LogP contribution in [0.15, 0.2) is 60.7 Å². The lowest BCUT2D eigenvalue weighted by molar-refractivity contribution is -0.120. The Labute approximate surface area is 185 Å². The van der Waals surface area contributed by atoms with E-state index in [9.17, 15) is 9.59 Å². The molecule has 3 N–H and O–H groups in total. The molecule has 0 aliphatic carbocycles. The molecule has 0 fully saturated rings. The largest absolute Gasteiger partial charge is 0.493 e. The first kappa shape index (κ1) is 19.9. The second-order valence-electron chi connectivity index (χ2n) is 7.99. The molecule has 0 bridgehead atoms. The van der Waals surface area contributed by atoms with Crippen molar-refractivity contribution in [3.63, 3.8) is 0 Å². The van der Waals surface area contributed by atoms with E-state index in [0.717, 1.165) is 16.7 Å². The molecular weight excluding hydrogens is 406 g/mol. The Morgan fingerprint density at radius 3 is 2.62 bits per heavy atom. The summed E-state index contributed by atoms with van der Waals surface area (Å²) in [7, 11) is 1.53. The van der Waals surface area contributed by atoms with Crippen molar-refractivity contribution in [3.05, 3.63) is 82.9 Å². The molecule has 5 rings (SSSR count). The number of benzene rings is 3. The number of rotatable bonds is 4. The topological polar surface area (TPSA) is 93.9 Å². The summed E-state index contributed by atoms with van der Waals surface area (Å²) in [5.74, 6) is 0.435. The summed E-state index contributed by atoms with van der Waals surface area (Å²) in [6, 6.07) is 18.1. The van der Waals surface area contributed by atoms with Gasteiger partial charge in [0.05, 0.1) is 18.4 Å². The van der Waals surface area contributed by atoms with Crippen LogP contribution in [0.3, 0.4) is 0 Å². The Morgan fingerprint density at radius 1 is 1.03 bits per heavy atom. The van der Waals surface area contributed by atoms with E-state index in [0.29, 0.717) is 48.0 Å². The summed E-state index contributed by atoms with van der Waals surface area (Å²) in [5, 5.41) is 2.92. The number of fused-ring (bicyclic) bond motifs is 3. The highest BCUT2D eigenvalue weighted by Crippen LogP contribution is 2.38. The molecule has 162 valence electrons. The van der Waals surface area contributed by atoms with Crippen LogP contribution in [0.1, 0.15) is 27.0 Å². The van der Waals surface area contributed by atoms with Gasteiger partial charge in [-0.05, 0) is 34.9 Å². The molecule has 7 heteroatoms. The van der Waals surface area contributed by atoms with Crippen LogP contribution in [0.2, 0.25) is 0 Å². The predicted molar refractivity (Wildman–Crippen MR) is 121 cm³/mol. The number of hydrogen-bond acceptors (Lipinski definition) is 5. The van der Waals surface area contributed by atoms with Gasteiger partial charge in [0.2, 0.25) is 5.91 Å². The van der Waals surface area contributed by atoms with Gasteiger partial charge in [0.15, 0.2) is 11.5 Å². The monoisotopic (exact) mass is 429 g/mol. The minimum atomic E-state index is -0.592. The van der Waals surface area contributed by atoms with Crippen LogP contribution in [0.5, 0.6) is 11.5 Å². The molecule has 0 saturated heterocycles. The summed E-state index contributed by atoms with van der Waals surface area (Å²) >= 11 is 0. The van der Waals surface area contributed by atoms with Gasteiger partial charge in [-0.2, -0.15) is 0 Å². The molecule has 32 heavy (non-hydrogen) atoms. The van der Waals surface area contributed by atoms with E-state index in [1.807, 2.05) is 48.5 Å². The number of nitrogens with two attached hydrogens (primary N) is 1.